The molecular formula is C26H34O11. The van der Waals surface area contributed by atoms with Crippen LogP contribution in [0.3, 0.4) is 0 Å². The van der Waals surface area contributed by atoms with Crippen LogP contribution in [0.15, 0.2) is 23.8 Å². The van der Waals surface area contributed by atoms with Crippen LogP contribution >= 0.6 is 0 Å². The minimum Gasteiger partial charge on any atom is -0.459 e. The summed E-state index contributed by atoms with van der Waals surface area (Å²) in [5, 5.41) is 23.8. The molecule has 37 heavy (non-hydrogen) atoms. The number of aliphatic hydroxyl groups is 2. The predicted molar refractivity (Wildman–Crippen MR) is 125 cm³/mol. The molecule has 0 aromatic carbocycles. The van der Waals surface area contributed by atoms with Gasteiger partial charge < -0.3 is 33.9 Å². The highest BCUT2D eigenvalue weighted by molar-refractivity contribution is 5.89. The van der Waals surface area contributed by atoms with E-state index in [4.69, 9.17) is 23.7 Å². The molecule has 2 fully saturated rings. The van der Waals surface area contributed by atoms with Gasteiger partial charge in [-0.05, 0) is 32.9 Å². The van der Waals surface area contributed by atoms with Gasteiger partial charge in [-0.1, -0.05) is 18.6 Å². The molecule has 0 bridgehead atoms. The van der Waals surface area contributed by atoms with Crippen molar-refractivity contribution in [3.63, 3.8) is 0 Å². The molecular weight excluding hydrogens is 488 g/mol. The Morgan fingerprint density at radius 1 is 1.03 bits per heavy atom. The fourth-order valence-corrected chi connectivity index (χ4v) is 6.52. The summed E-state index contributed by atoms with van der Waals surface area (Å²) >= 11 is 0. The first-order chi connectivity index (χ1) is 17.0. The van der Waals surface area contributed by atoms with E-state index in [0.717, 1.165) is 0 Å². The van der Waals surface area contributed by atoms with Crippen LogP contribution in [-0.2, 0) is 42.9 Å². The van der Waals surface area contributed by atoms with E-state index in [1.807, 2.05) is 0 Å². The zero-order valence-electron chi connectivity index (χ0n) is 22.0. The summed E-state index contributed by atoms with van der Waals surface area (Å²) in [7, 11) is 0. The Labute approximate surface area is 214 Å². The van der Waals surface area contributed by atoms with Crippen molar-refractivity contribution in [3.8, 4) is 0 Å². The second-order valence-corrected chi connectivity index (χ2v) is 11.1. The Kier molecular flexibility index (Phi) is 6.37. The average molecular weight is 523 g/mol. The summed E-state index contributed by atoms with van der Waals surface area (Å²) in [5.74, 6) is -3.91. The van der Waals surface area contributed by atoms with Crippen molar-refractivity contribution < 1.29 is 53.1 Å². The van der Waals surface area contributed by atoms with E-state index >= 15 is 0 Å². The monoisotopic (exact) mass is 522 g/mol. The van der Waals surface area contributed by atoms with Gasteiger partial charge in [-0.15, -0.1) is 0 Å². The van der Waals surface area contributed by atoms with Crippen LogP contribution in [0.1, 0.15) is 54.9 Å². The van der Waals surface area contributed by atoms with Crippen molar-refractivity contribution in [1.82, 2.24) is 0 Å². The van der Waals surface area contributed by atoms with Crippen LogP contribution in [0, 0.1) is 11.3 Å². The first-order valence-electron chi connectivity index (χ1n) is 12.2. The molecule has 11 heteroatoms. The second kappa shape index (κ2) is 8.64. The number of rotatable bonds is 3. The Morgan fingerprint density at radius 2 is 1.62 bits per heavy atom. The Morgan fingerprint density at radius 3 is 2.16 bits per heavy atom. The first kappa shape index (κ1) is 27.3. The van der Waals surface area contributed by atoms with E-state index in [1.54, 1.807) is 26.0 Å². The summed E-state index contributed by atoms with van der Waals surface area (Å²) < 4.78 is 28.5. The van der Waals surface area contributed by atoms with Crippen LogP contribution < -0.4 is 0 Å². The lowest BCUT2D eigenvalue weighted by atomic mass is 9.55. The van der Waals surface area contributed by atoms with Gasteiger partial charge in [-0.2, -0.15) is 0 Å². The van der Waals surface area contributed by atoms with Gasteiger partial charge in [-0.3, -0.25) is 14.4 Å². The molecule has 0 aromatic heterocycles. The van der Waals surface area contributed by atoms with Gasteiger partial charge in [0.15, 0.2) is 17.3 Å². The molecule has 2 aliphatic heterocycles. The molecule has 2 N–H and O–H groups in total. The average Bonchev–Trinajstić information content (AvgIpc) is 3.34. The van der Waals surface area contributed by atoms with Crippen LogP contribution in [0.4, 0.5) is 0 Å². The molecule has 0 saturated carbocycles. The Balaban J connectivity index is 2.00. The van der Waals surface area contributed by atoms with Crippen LogP contribution in [-0.4, -0.2) is 81.4 Å². The number of hydrogen-bond acceptors (Lipinski definition) is 11. The summed E-state index contributed by atoms with van der Waals surface area (Å²) in [6, 6.07) is 0. The second-order valence-electron chi connectivity index (χ2n) is 11.1. The van der Waals surface area contributed by atoms with Crippen molar-refractivity contribution in [2.24, 2.45) is 11.3 Å². The molecule has 204 valence electrons. The lowest BCUT2D eigenvalue weighted by Gasteiger charge is -2.55. The molecule has 4 rings (SSSR count). The lowest BCUT2D eigenvalue weighted by Crippen LogP contribution is -2.68. The number of fused-ring (bicyclic) bond motifs is 1. The Hall–Kier alpha value is -2.76. The third kappa shape index (κ3) is 3.98. The molecule has 0 aromatic rings. The molecule has 0 amide bonds. The smallest absolute Gasteiger partial charge is 0.342 e. The van der Waals surface area contributed by atoms with Crippen LogP contribution in [0.2, 0.25) is 0 Å². The van der Waals surface area contributed by atoms with E-state index in [-0.39, 0.29) is 6.42 Å². The quantitative estimate of drug-likeness (QED) is 0.235. The van der Waals surface area contributed by atoms with Gasteiger partial charge >= 0.3 is 23.9 Å². The number of aliphatic hydroxyl groups excluding tert-OH is 1. The molecule has 2 saturated heterocycles. The van der Waals surface area contributed by atoms with Gasteiger partial charge in [0.1, 0.15) is 30.0 Å². The van der Waals surface area contributed by atoms with Crippen molar-refractivity contribution in [2.45, 2.75) is 102 Å². The van der Waals surface area contributed by atoms with Gasteiger partial charge in [0.05, 0.1) is 0 Å². The normalized spacial score (nSPS) is 47.7. The summed E-state index contributed by atoms with van der Waals surface area (Å²) in [4.78, 5) is 49.3. The molecule has 11 nitrogen and oxygen atoms in total. The Bertz CT molecular complexity index is 1090. The maximum absolute atomic E-state index is 12.9. The third-order valence-corrected chi connectivity index (χ3v) is 8.21. The van der Waals surface area contributed by atoms with Crippen molar-refractivity contribution in [3.05, 3.63) is 23.8 Å². The number of carbonyl (C=O) groups is 4. The molecule has 10 atom stereocenters. The van der Waals surface area contributed by atoms with Crippen LogP contribution in [0.25, 0.3) is 0 Å². The summed E-state index contributed by atoms with van der Waals surface area (Å²) in [5.41, 5.74) is -5.78. The largest absolute Gasteiger partial charge is 0.459 e. The molecule has 2 aliphatic carbocycles. The van der Waals surface area contributed by atoms with E-state index in [2.05, 4.69) is 0 Å². The predicted octanol–water partition coefficient (Wildman–Crippen LogP) is 0.889. The zero-order valence-corrected chi connectivity index (χ0v) is 22.0. The highest BCUT2D eigenvalue weighted by Gasteiger charge is 2.87. The van der Waals surface area contributed by atoms with Crippen molar-refractivity contribution in [1.29, 1.82) is 0 Å². The number of ether oxygens (including phenoxy) is 5. The highest BCUT2D eigenvalue weighted by atomic mass is 16.7. The fourth-order valence-electron chi connectivity index (χ4n) is 6.52. The lowest BCUT2D eigenvalue weighted by molar-refractivity contribution is -0.222. The fraction of sp³-hybridized carbons (Fsp3) is 0.692. The zero-order chi connectivity index (χ0) is 27.7. The number of carbonyl (C=O) groups excluding carboxylic acids is 4. The number of esters is 4. The highest BCUT2D eigenvalue weighted by Crippen LogP contribution is 2.65. The van der Waals surface area contributed by atoms with Crippen LogP contribution in [0.5, 0.6) is 0 Å². The van der Waals surface area contributed by atoms with Crippen molar-refractivity contribution >= 4 is 23.9 Å². The first-order valence-corrected chi connectivity index (χ1v) is 12.2. The minimum atomic E-state index is -1.95. The maximum atomic E-state index is 12.9. The standard InChI is InChI=1S/C26H34O11/c1-12-10-16(33-13(2)27)20(30)23(5)9-8-17(34-14(3)28)24(6,32)19(23)21(35-15(4)29)26-18(11-12)36-22(31)25(26,7)37-26/h8-9,11,16-21,30,32H,10H2,1-7H3/b12-11+/t16-,17-,18+,19-,20-,21+,23+,24-,25+,26+/m1/s1. The van der Waals surface area contributed by atoms with E-state index < -0.39 is 82.5 Å². The van der Waals surface area contributed by atoms with E-state index in [9.17, 15) is 29.4 Å². The molecule has 1 spiro atoms. The molecule has 4 aliphatic rings. The molecule has 0 radical (unpaired) electrons. The van der Waals surface area contributed by atoms with Gasteiger partial charge in [0.2, 0.25) is 0 Å². The maximum Gasteiger partial charge on any atom is 0.342 e. The third-order valence-electron chi connectivity index (χ3n) is 8.21. The SMILES string of the molecule is CC(=O)O[C@@H]1C/C(C)=C/[C@@H]2OC(=O)[C@]3(C)O[C@]23[C@@H](OC(C)=O)[C@H]2[C@](C)(O)[C@H](OC(C)=O)C=C[C@]2(C)[C@@H]1O. The van der Waals surface area contributed by atoms with Gasteiger partial charge in [0.25, 0.3) is 0 Å². The summed E-state index contributed by atoms with van der Waals surface area (Å²) in [6.07, 6.45) is -1.33. The van der Waals surface area contributed by atoms with Gasteiger partial charge in [0, 0.05) is 38.5 Å². The molecule has 2 heterocycles. The topological polar surface area (TPSA) is 158 Å². The summed E-state index contributed by atoms with van der Waals surface area (Å²) in [6.45, 7) is 9.85. The van der Waals surface area contributed by atoms with Crippen molar-refractivity contribution in [2.75, 3.05) is 0 Å². The number of hydrogen-bond donors (Lipinski definition) is 2. The van der Waals surface area contributed by atoms with E-state index in [1.165, 1.54) is 40.7 Å². The van der Waals surface area contributed by atoms with Gasteiger partial charge in [-0.25, -0.2) is 4.79 Å². The van der Waals surface area contributed by atoms with E-state index in [0.29, 0.717) is 5.57 Å². The molecule has 0 unspecified atom stereocenters. The minimum absolute atomic E-state index is 0.0888. The number of epoxide rings is 1.